The van der Waals surface area contributed by atoms with Crippen molar-refractivity contribution in [3.8, 4) is 45.3 Å². The van der Waals surface area contributed by atoms with E-state index in [-0.39, 0.29) is 0 Å². The molecule has 0 atom stereocenters. The molecule has 192 valence electrons. The van der Waals surface area contributed by atoms with Crippen LogP contribution in [0.15, 0.2) is 144 Å². The molecule has 4 heteroatoms. The van der Waals surface area contributed by atoms with E-state index in [1.165, 1.54) is 10.8 Å². The lowest BCUT2D eigenvalue weighted by atomic mass is 9.99. The zero-order valence-corrected chi connectivity index (χ0v) is 22.0. The van der Waals surface area contributed by atoms with Gasteiger partial charge in [-0.05, 0) is 40.1 Å². The zero-order valence-electron chi connectivity index (χ0n) is 22.0. The predicted octanol–water partition coefficient (Wildman–Crippen LogP) is 9.59. The fraction of sp³-hybridized carbons (Fsp3) is 0. The maximum absolute atomic E-state index is 6.36. The van der Waals surface area contributed by atoms with Gasteiger partial charge in [0, 0.05) is 27.5 Å². The monoisotopic (exact) mass is 525 g/mol. The van der Waals surface area contributed by atoms with E-state index >= 15 is 0 Å². The molecule has 0 saturated heterocycles. The highest BCUT2D eigenvalue weighted by molar-refractivity contribution is 6.19. The number of hydrogen-bond donors (Lipinski definition) is 0. The summed E-state index contributed by atoms with van der Waals surface area (Å²) in [6.07, 6.45) is 0. The second-order valence-corrected chi connectivity index (χ2v) is 10.1. The second kappa shape index (κ2) is 9.54. The molecule has 0 amide bonds. The standard InChI is InChI=1S/C37H23N3O/c1-3-11-24(12-4-1)28-16-9-10-18-30(28)37-39-35(26-14-5-2-6-15-26)38-36(40-37)27-19-21-31-33(23-27)41-32-22-20-25-13-7-8-17-29(25)34(31)32/h1-23H. The normalized spacial score (nSPS) is 11.4. The van der Waals surface area contributed by atoms with Gasteiger partial charge in [-0.2, -0.15) is 0 Å². The van der Waals surface area contributed by atoms with Crippen LogP contribution >= 0.6 is 0 Å². The Balaban J connectivity index is 1.34. The first-order chi connectivity index (χ1) is 20.3. The molecule has 8 aromatic rings. The number of hydrogen-bond acceptors (Lipinski definition) is 4. The first-order valence-corrected chi connectivity index (χ1v) is 13.6. The van der Waals surface area contributed by atoms with Crippen molar-refractivity contribution in [3.63, 3.8) is 0 Å². The number of rotatable bonds is 4. The van der Waals surface area contributed by atoms with E-state index in [0.29, 0.717) is 17.5 Å². The van der Waals surface area contributed by atoms with Crippen molar-refractivity contribution in [2.24, 2.45) is 0 Å². The Hall–Kier alpha value is -5.61. The fourth-order valence-electron chi connectivity index (χ4n) is 5.57. The van der Waals surface area contributed by atoms with Crippen molar-refractivity contribution in [1.29, 1.82) is 0 Å². The van der Waals surface area contributed by atoms with E-state index in [1.807, 2.05) is 72.8 Å². The van der Waals surface area contributed by atoms with E-state index in [4.69, 9.17) is 19.4 Å². The van der Waals surface area contributed by atoms with Crippen molar-refractivity contribution in [2.45, 2.75) is 0 Å². The first-order valence-electron chi connectivity index (χ1n) is 13.6. The molecule has 0 aliphatic carbocycles. The summed E-state index contributed by atoms with van der Waals surface area (Å²) in [7, 11) is 0. The Kier molecular flexibility index (Phi) is 5.42. The van der Waals surface area contributed by atoms with Crippen LogP contribution in [0.2, 0.25) is 0 Å². The number of furan rings is 1. The molecule has 0 aliphatic heterocycles. The fourth-order valence-corrected chi connectivity index (χ4v) is 5.57. The van der Waals surface area contributed by atoms with Gasteiger partial charge in [-0.25, -0.2) is 15.0 Å². The molecule has 4 nitrogen and oxygen atoms in total. The Morgan fingerprint density at radius 1 is 0.390 bits per heavy atom. The van der Waals surface area contributed by atoms with Crippen LogP contribution in [0.3, 0.4) is 0 Å². The number of nitrogens with zero attached hydrogens (tertiary/aromatic N) is 3. The average molecular weight is 526 g/mol. The van der Waals surface area contributed by atoms with Crippen LogP contribution in [0.5, 0.6) is 0 Å². The summed E-state index contributed by atoms with van der Waals surface area (Å²) in [6, 6.07) is 47.5. The minimum atomic E-state index is 0.601. The largest absolute Gasteiger partial charge is 0.456 e. The Morgan fingerprint density at radius 2 is 1.02 bits per heavy atom. The van der Waals surface area contributed by atoms with Crippen LogP contribution in [0.4, 0.5) is 0 Å². The maximum atomic E-state index is 6.36. The summed E-state index contributed by atoms with van der Waals surface area (Å²) >= 11 is 0. The molecule has 0 saturated carbocycles. The quantitative estimate of drug-likeness (QED) is 0.230. The van der Waals surface area contributed by atoms with Gasteiger partial charge < -0.3 is 4.42 Å². The van der Waals surface area contributed by atoms with Crippen molar-refractivity contribution >= 4 is 32.7 Å². The smallest absolute Gasteiger partial charge is 0.164 e. The van der Waals surface area contributed by atoms with Crippen LogP contribution < -0.4 is 0 Å². The number of aromatic nitrogens is 3. The summed E-state index contributed by atoms with van der Waals surface area (Å²) in [5.41, 5.74) is 6.63. The van der Waals surface area contributed by atoms with Crippen LogP contribution in [0, 0.1) is 0 Å². The molecular formula is C37H23N3O. The molecule has 8 rings (SSSR count). The van der Waals surface area contributed by atoms with Gasteiger partial charge in [-0.15, -0.1) is 0 Å². The van der Waals surface area contributed by atoms with Crippen molar-refractivity contribution in [3.05, 3.63) is 140 Å². The SMILES string of the molecule is c1ccc(-c2nc(-c3ccc4c(c3)oc3ccc5ccccc5c34)nc(-c3ccccc3-c3ccccc3)n2)cc1. The van der Waals surface area contributed by atoms with E-state index in [0.717, 1.165) is 49.8 Å². The minimum absolute atomic E-state index is 0.601. The summed E-state index contributed by atoms with van der Waals surface area (Å²) in [6.45, 7) is 0. The first kappa shape index (κ1) is 23.3. The molecular weight excluding hydrogens is 502 g/mol. The van der Waals surface area contributed by atoms with Crippen LogP contribution in [0.25, 0.3) is 78.0 Å². The van der Waals surface area contributed by atoms with Gasteiger partial charge in [0.1, 0.15) is 11.2 Å². The summed E-state index contributed by atoms with van der Waals surface area (Å²) < 4.78 is 6.36. The van der Waals surface area contributed by atoms with Crippen molar-refractivity contribution < 1.29 is 4.42 Å². The third kappa shape index (κ3) is 4.05. The van der Waals surface area contributed by atoms with E-state index in [1.54, 1.807) is 0 Å². The third-order valence-corrected chi connectivity index (χ3v) is 7.54. The molecule has 2 heterocycles. The average Bonchev–Trinajstić information content (AvgIpc) is 3.44. The van der Waals surface area contributed by atoms with Crippen LogP contribution in [-0.4, -0.2) is 15.0 Å². The highest BCUT2D eigenvalue weighted by Gasteiger charge is 2.17. The molecule has 6 aromatic carbocycles. The maximum Gasteiger partial charge on any atom is 0.164 e. The molecule has 0 radical (unpaired) electrons. The summed E-state index contributed by atoms with van der Waals surface area (Å²) in [5, 5.41) is 4.58. The van der Waals surface area contributed by atoms with Gasteiger partial charge in [0.25, 0.3) is 0 Å². The molecule has 0 bridgehead atoms. The van der Waals surface area contributed by atoms with Crippen molar-refractivity contribution in [1.82, 2.24) is 15.0 Å². The van der Waals surface area contributed by atoms with Gasteiger partial charge in [-0.3, -0.25) is 0 Å². The lowest BCUT2D eigenvalue weighted by Crippen LogP contribution is -2.01. The van der Waals surface area contributed by atoms with Gasteiger partial charge in [0.05, 0.1) is 0 Å². The van der Waals surface area contributed by atoms with Crippen LogP contribution in [-0.2, 0) is 0 Å². The Morgan fingerprint density at radius 3 is 1.83 bits per heavy atom. The van der Waals surface area contributed by atoms with Gasteiger partial charge in [0.15, 0.2) is 17.5 Å². The molecule has 0 unspecified atom stereocenters. The Bertz CT molecular complexity index is 2200. The number of benzene rings is 6. The van der Waals surface area contributed by atoms with Crippen molar-refractivity contribution in [2.75, 3.05) is 0 Å². The molecule has 41 heavy (non-hydrogen) atoms. The third-order valence-electron chi connectivity index (χ3n) is 7.54. The zero-order chi connectivity index (χ0) is 27.2. The molecule has 0 N–H and O–H groups in total. The lowest BCUT2D eigenvalue weighted by molar-refractivity contribution is 0.669. The van der Waals surface area contributed by atoms with E-state index in [2.05, 4.69) is 66.7 Å². The molecule has 2 aromatic heterocycles. The van der Waals surface area contributed by atoms with E-state index in [9.17, 15) is 0 Å². The summed E-state index contributed by atoms with van der Waals surface area (Å²) in [5.74, 6) is 1.86. The molecule has 0 fully saturated rings. The topological polar surface area (TPSA) is 51.8 Å². The van der Waals surface area contributed by atoms with Gasteiger partial charge >= 0.3 is 0 Å². The lowest BCUT2D eigenvalue weighted by Gasteiger charge is -2.12. The minimum Gasteiger partial charge on any atom is -0.456 e. The van der Waals surface area contributed by atoms with Gasteiger partial charge in [0.2, 0.25) is 0 Å². The van der Waals surface area contributed by atoms with E-state index < -0.39 is 0 Å². The van der Waals surface area contributed by atoms with Gasteiger partial charge in [-0.1, -0.05) is 121 Å². The predicted molar refractivity (Wildman–Crippen MR) is 166 cm³/mol. The Labute approximate surface area is 236 Å². The number of fused-ring (bicyclic) bond motifs is 5. The molecule has 0 spiro atoms. The summed E-state index contributed by atoms with van der Waals surface area (Å²) in [4.78, 5) is 15.0. The highest BCUT2D eigenvalue weighted by atomic mass is 16.3. The molecule has 0 aliphatic rings. The second-order valence-electron chi connectivity index (χ2n) is 10.1. The highest BCUT2D eigenvalue weighted by Crippen LogP contribution is 2.37. The van der Waals surface area contributed by atoms with Crippen LogP contribution in [0.1, 0.15) is 0 Å².